The van der Waals surface area contributed by atoms with E-state index in [0.717, 1.165) is 21.8 Å². The summed E-state index contributed by atoms with van der Waals surface area (Å²) in [6.07, 6.45) is 2.60. The zero-order valence-electron chi connectivity index (χ0n) is 16.2. The Morgan fingerprint density at radius 2 is 1.62 bits per heavy atom. The average Bonchev–Trinajstić information content (AvgIpc) is 2.60. The minimum atomic E-state index is -0.611. The fourth-order valence-corrected chi connectivity index (χ4v) is 3.83. The van der Waals surface area contributed by atoms with Crippen LogP contribution in [0.15, 0.2) is 23.8 Å². The van der Waals surface area contributed by atoms with E-state index >= 15 is 0 Å². The minimum Gasteiger partial charge on any atom is -0.369 e. The molecule has 3 rings (SSSR count). The number of likely N-dealkylation sites (N-methyl/N-ethyl adjacent to an activating group) is 2. The standard InChI is InChI=1S/C20H25N3O3/c1-12-11-20(2,3)23(6)16-8-7-13(9-14(12)16)10-15-17(24)21(4)19(26)22(5)18(15)25/h7-10,12H,11H2,1-6H3/t12-/m0/s1. The van der Waals surface area contributed by atoms with Crippen molar-refractivity contribution in [2.24, 2.45) is 0 Å². The van der Waals surface area contributed by atoms with Gasteiger partial charge in [0.25, 0.3) is 11.8 Å². The molecule has 0 saturated carbocycles. The number of barbiturate groups is 1. The zero-order valence-corrected chi connectivity index (χ0v) is 16.2. The van der Waals surface area contributed by atoms with Gasteiger partial charge in [0, 0.05) is 32.4 Å². The summed E-state index contributed by atoms with van der Waals surface area (Å²) in [5.41, 5.74) is 3.24. The van der Waals surface area contributed by atoms with Crippen LogP contribution >= 0.6 is 0 Å². The number of hydrogen-bond acceptors (Lipinski definition) is 4. The third-order valence-corrected chi connectivity index (χ3v) is 5.61. The van der Waals surface area contributed by atoms with E-state index < -0.39 is 17.8 Å². The van der Waals surface area contributed by atoms with E-state index in [9.17, 15) is 14.4 Å². The van der Waals surface area contributed by atoms with Crippen LogP contribution in [-0.2, 0) is 9.59 Å². The molecule has 4 amide bonds. The highest BCUT2D eigenvalue weighted by Crippen LogP contribution is 2.42. The summed E-state index contributed by atoms with van der Waals surface area (Å²) >= 11 is 0. The number of amides is 4. The molecule has 1 aromatic carbocycles. The molecular formula is C20H25N3O3. The third kappa shape index (κ3) is 2.69. The van der Waals surface area contributed by atoms with Crippen molar-refractivity contribution >= 4 is 29.6 Å². The predicted octanol–water partition coefficient (Wildman–Crippen LogP) is 2.84. The molecule has 2 heterocycles. The maximum Gasteiger partial charge on any atom is 0.333 e. The summed E-state index contributed by atoms with van der Waals surface area (Å²) in [5, 5.41) is 0. The van der Waals surface area contributed by atoms with E-state index in [-0.39, 0.29) is 11.1 Å². The Hall–Kier alpha value is -2.63. The zero-order chi connectivity index (χ0) is 19.4. The molecule has 0 N–H and O–H groups in total. The van der Waals surface area contributed by atoms with Crippen LogP contribution in [0.5, 0.6) is 0 Å². The molecule has 1 fully saturated rings. The lowest BCUT2D eigenvalue weighted by molar-refractivity contribution is -0.134. The first-order valence-corrected chi connectivity index (χ1v) is 8.74. The summed E-state index contributed by atoms with van der Waals surface area (Å²) < 4.78 is 0. The van der Waals surface area contributed by atoms with Crippen LogP contribution < -0.4 is 4.90 Å². The molecule has 1 saturated heterocycles. The molecule has 0 unspecified atom stereocenters. The highest BCUT2D eigenvalue weighted by Gasteiger charge is 2.38. The Morgan fingerprint density at radius 3 is 2.19 bits per heavy atom. The van der Waals surface area contributed by atoms with Crippen LogP contribution in [0.1, 0.15) is 44.2 Å². The van der Waals surface area contributed by atoms with Gasteiger partial charge >= 0.3 is 6.03 Å². The minimum absolute atomic E-state index is 0.00620. The molecule has 0 aromatic heterocycles. The molecule has 0 aliphatic carbocycles. The lowest BCUT2D eigenvalue weighted by Gasteiger charge is -2.45. The Balaban J connectivity index is 2.03. The van der Waals surface area contributed by atoms with E-state index in [1.807, 2.05) is 18.2 Å². The van der Waals surface area contributed by atoms with Crippen molar-refractivity contribution < 1.29 is 14.4 Å². The van der Waals surface area contributed by atoms with E-state index in [0.29, 0.717) is 5.92 Å². The summed E-state index contributed by atoms with van der Waals surface area (Å²) in [6.45, 7) is 6.65. The van der Waals surface area contributed by atoms with Crippen LogP contribution in [0.25, 0.3) is 6.08 Å². The molecule has 0 bridgehead atoms. The van der Waals surface area contributed by atoms with Gasteiger partial charge in [0.15, 0.2) is 0 Å². The van der Waals surface area contributed by atoms with Crippen molar-refractivity contribution in [3.8, 4) is 0 Å². The number of fused-ring (bicyclic) bond motifs is 1. The maximum absolute atomic E-state index is 12.4. The topological polar surface area (TPSA) is 60.9 Å². The Labute approximate surface area is 154 Å². The van der Waals surface area contributed by atoms with Crippen LogP contribution in [0, 0.1) is 0 Å². The molecule has 6 nitrogen and oxygen atoms in total. The molecule has 1 aromatic rings. The first-order valence-electron chi connectivity index (χ1n) is 8.74. The lowest BCUT2D eigenvalue weighted by atomic mass is 9.80. The summed E-state index contributed by atoms with van der Waals surface area (Å²) in [4.78, 5) is 40.8. The molecule has 6 heteroatoms. The maximum atomic E-state index is 12.4. The van der Waals surface area contributed by atoms with Gasteiger partial charge in [-0.3, -0.25) is 19.4 Å². The Bertz CT molecular complexity index is 815. The number of imide groups is 2. The van der Waals surface area contributed by atoms with Crippen molar-refractivity contribution in [2.45, 2.75) is 38.6 Å². The monoisotopic (exact) mass is 355 g/mol. The van der Waals surface area contributed by atoms with Crippen molar-refractivity contribution in [2.75, 3.05) is 26.0 Å². The second-order valence-electron chi connectivity index (χ2n) is 7.86. The van der Waals surface area contributed by atoms with Gasteiger partial charge < -0.3 is 4.90 Å². The molecule has 2 aliphatic rings. The molecule has 2 aliphatic heterocycles. The van der Waals surface area contributed by atoms with Crippen molar-refractivity contribution in [1.29, 1.82) is 0 Å². The number of nitrogens with zero attached hydrogens (tertiary/aromatic N) is 3. The summed E-state index contributed by atoms with van der Waals surface area (Å²) in [5.74, 6) is -0.761. The largest absolute Gasteiger partial charge is 0.369 e. The molecule has 138 valence electrons. The van der Waals surface area contributed by atoms with Gasteiger partial charge in [-0.05, 0) is 55.5 Å². The first kappa shape index (κ1) is 18.2. The van der Waals surface area contributed by atoms with Gasteiger partial charge in [-0.25, -0.2) is 4.79 Å². The van der Waals surface area contributed by atoms with Crippen LogP contribution in [0.4, 0.5) is 10.5 Å². The van der Waals surface area contributed by atoms with Crippen LogP contribution in [-0.4, -0.2) is 54.3 Å². The van der Waals surface area contributed by atoms with E-state index in [2.05, 4.69) is 32.7 Å². The molecule has 0 radical (unpaired) electrons. The van der Waals surface area contributed by atoms with Gasteiger partial charge in [0.1, 0.15) is 5.57 Å². The molecule has 1 atom stereocenters. The lowest BCUT2D eigenvalue weighted by Crippen LogP contribution is -2.52. The fourth-order valence-electron chi connectivity index (χ4n) is 3.83. The number of hydrogen-bond donors (Lipinski definition) is 0. The van der Waals surface area contributed by atoms with Crippen LogP contribution in [0.3, 0.4) is 0 Å². The second kappa shape index (κ2) is 5.97. The number of carbonyl (C=O) groups excluding carboxylic acids is 3. The smallest absolute Gasteiger partial charge is 0.333 e. The van der Waals surface area contributed by atoms with Gasteiger partial charge in [0.2, 0.25) is 0 Å². The van der Waals surface area contributed by atoms with Gasteiger partial charge in [-0.1, -0.05) is 13.0 Å². The summed E-state index contributed by atoms with van der Waals surface area (Å²) in [7, 11) is 4.85. The summed E-state index contributed by atoms with van der Waals surface area (Å²) in [6, 6.07) is 5.37. The van der Waals surface area contributed by atoms with Crippen molar-refractivity contribution in [3.05, 3.63) is 34.9 Å². The highest BCUT2D eigenvalue weighted by molar-refractivity contribution is 6.30. The third-order valence-electron chi connectivity index (χ3n) is 5.61. The second-order valence-corrected chi connectivity index (χ2v) is 7.86. The van der Waals surface area contributed by atoms with E-state index in [1.54, 1.807) is 6.08 Å². The highest BCUT2D eigenvalue weighted by atomic mass is 16.2. The van der Waals surface area contributed by atoms with Gasteiger partial charge in [-0.15, -0.1) is 0 Å². The number of urea groups is 1. The van der Waals surface area contributed by atoms with E-state index in [1.165, 1.54) is 25.3 Å². The normalized spacial score (nSPS) is 22.7. The van der Waals surface area contributed by atoms with E-state index in [4.69, 9.17) is 0 Å². The number of benzene rings is 1. The van der Waals surface area contributed by atoms with Gasteiger partial charge in [-0.2, -0.15) is 0 Å². The predicted molar refractivity (Wildman–Crippen MR) is 101 cm³/mol. The fraction of sp³-hybridized carbons (Fsp3) is 0.450. The molecule has 0 spiro atoms. The number of rotatable bonds is 1. The Kier molecular flexibility index (Phi) is 4.17. The Morgan fingerprint density at radius 1 is 1.04 bits per heavy atom. The van der Waals surface area contributed by atoms with Crippen LogP contribution in [0.2, 0.25) is 0 Å². The van der Waals surface area contributed by atoms with Gasteiger partial charge in [0.05, 0.1) is 0 Å². The van der Waals surface area contributed by atoms with Crippen molar-refractivity contribution in [1.82, 2.24) is 9.80 Å². The quantitative estimate of drug-likeness (QED) is 0.574. The average molecular weight is 355 g/mol. The number of anilines is 1. The first-order chi connectivity index (χ1) is 12.0. The molecular weight excluding hydrogens is 330 g/mol. The molecule has 26 heavy (non-hydrogen) atoms. The van der Waals surface area contributed by atoms with Crippen molar-refractivity contribution in [3.63, 3.8) is 0 Å². The SMILES string of the molecule is C[C@H]1CC(C)(C)N(C)c2ccc(C=C3C(=O)N(C)C(=O)N(C)C3=O)cc21. The number of carbonyl (C=O) groups is 3.